The van der Waals surface area contributed by atoms with E-state index in [0.29, 0.717) is 18.1 Å². The van der Waals surface area contributed by atoms with Crippen LogP contribution in [0.3, 0.4) is 0 Å². The summed E-state index contributed by atoms with van der Waals surface area (Å²) >= 11 is 0. The molecule has 5 heteroatoms. The second-order valence-electron chi connectivity index (χ2n) is 6.07. The largest absolute Gasteiger partial charge is 0.482 e. The van der Waals surface area contributed by atoms with Gasteiger partial charge in [0.1, 0.15) is 5.75 Å². The van der Waals surface area contributed by atoms with Crippen molar-refractivity contribution in [2.45, 2.75) is 38.8 Å². The van der Waals surface area contributed by atoms with Crippen LogP contribution < -0.4 is 15.4 Å². The lowest BCUT2D eigenvalue weighted by molar-refractivity contribution is -0.118. The van der Waals surface area contributed by atoms with Crippen molar-refractivity contribution in [3.63, 3.8) is 0 Å². The summed E-state index contributed by atoms with van der Waals surface area (Å²) in [6.07, 6.45) is 2.33. The predicted molar refractivity (Wildman–Crippen MR) is 81.8 cm³/mol. The van der Waals surface area contributed by atoms with Gasteiger partial charge in [0.15, 0.2) is 6.61 Å². The molecule has 2 aliphatic heterocycles. The van der Waals surface area contributed by atoms with E-state index in [2.05, 4.69) is 24.5 Å². The zero-order valence-electron chi connectivity index (χ0n) is 12.5. The van der Waals surface area contributed by atoms with E-state index in [9.17, 15) is 4.79 Å². The van der Waals surface area contributed by atoms with Crippen LogP contribution in [0, 0.1) is 5.92 Å². The van der Waals surface area contributed by atoms with E-state index in [1.54, 1.807) is 0 Å². The molecule has 1 saturated heterocycles. The third-order valence-electron chi connectivity index (χ3n) is 4.04. The Morgan fingerprint density at radius 2 is 2.24 bits per heavy atom. The van der Waals surface area contributed by atoms with Crippen molar-refractivity contribution in [1.82, 2.24) is 0 Å². The number of carbonyl (C=O) groups excluding carboxylic acids is 1. The van der Waals surface area contributed by atoms with Crippen LogP contribution in [0.5, 0.6) is 5.75 Å². The molecule has 0 bridgehead atoms. The SMILES string of the molecule is CC(C)C1CC(Nc2ccc3c(c2)NC(=O)CO3)CCO1. The summed E-state index contributed by atoms with van der Waals surface area (Å²) in [6, 6.07) is 6.24. The minimum Gasteiger partial charge on any atom is -0.482 e. The maximum atomic E-state index is 11.4. The van der Waals surface area contributed by atoms with Crippen LogP contribution in [0.4, 0.5) is 11.4 Å². The average molecular weight is 290 g/mol. The minimum absolute atomic E-state index is 0.0931. The van der Waals surface area contributed by atoms with Crippen molar-refractivity contribution in [3.05, 3.63) is 18.2 Å². The number of anilines is 2. The highest BCUT2D eigenvalue weighted by molar-refractivity contribution is 5.96. The number of fused-ring (bicyclic) bond motifs is 1. The lowest BCUT2D eigenvalue weighted by Gasteiger charge is -2.33. The van der Waals surface area contributed by atoms with Gasteiger partial charge in [0.25, 0.3) is 5.91 Å². The fourth-order valence-corrected chi connectivity index (χ4v) is 2.83. The number of nitrogens with one attached hydrogen (secondary N) is 2. The van der Waals surface area contributed by atoms with Crippen LogP contribution in [-0.4, -0.2) is 31.3 Å². The quantitative estimate of drug-likeness (QED) is 0.898. The van der Waals surface area contributed by atoms with Crippen LogP contribution in [0.1, 0.15) is 26.7 Å². The highest BCUT2D eigenvalue weighted by atomic mass is 16.5. The summed E-state index contributed by atoms with van der Waals surface area (Å²) in [5.74, 6) is 1.16. The third-order valence-corrected chi connectivity index (χ3v) is 4.04. The van der Waals surface area contributed by atoms with E-state index < -0.39 is 0 Å². The predicted octanol–water partition coefficient (Wildman–Crippen LogP) is 2.63. The van der Waals surface area contributed by atoms with Crippen molar-refractivity contribution >= 4 is 17.3 Å². The first kappa shape index (κ1) is 14.2. The van der Waals surface area contributed by atoms with Crippen LogP contribution in [0.25, 0.3) is 0 Å². The van der Waals surface area contributed by atoms with Crippen molar-refractivity contribution < 1.29 is 14.3 Å². The molecule has 3 rings (SSSR count). The van der Waals surface area contributed by atoms with Gasteiger partial charge in [0.2, 0.25) is 0 Å². The highest BCUT2D eigenvalue weighted by Crippen LogP contribution is 2.31. The molecule has 114 valence electrons. The molecule has 2 N–H and O–H groups in total. The van der Waals surface area contributed by atoms with Crippen molar-refractivity contribution in [3.8, 4) is 5.75 Å². The standard InChI is InChI=1S/C16H22N2O3/c1-10(2)15-8-12(5-6-20-15)17-11-3-4-14-13(7-11)18-16(19)9-21-14/h3-4,7,10,12,15,17H,5-6,8-9H2,1-2H3,(H,18,19). The third kappa shape index (κ3) is 3.29. The average Bonchev–Trinajstić information content (AvgIpc) is 2.47. The summed E-state index contributed by atoms with van der Waals surface area (Å²) in [6.45, 7) is 5.28. The molecule has 1 aromatic rings. The number of hydrogen-bond acceptors (Lipinski definition) is 4. The van der Waals surface area contributed by atoms with Crippen molar-refractivity contribution in [1.29, 1.82) is 0 Å². The van der Waals surface area contributed by atoms with E-state index >= 15 is 0 Å². The second-order valence-corrected chi connectivity index (χ2v) is 6.07. The van der Waals surface area contributed by atoms with Crippen LogP contribution in [0.15, 0.2) is 18.2 Å². The Morgan fingerprint density at radius 3 is 3.05 bits per heavy atom. The molecule has 0 saturated carbocycles. The number of rotatable bonds is 3. The Labute approximate surface area is 125 Å². The maximum absolute atomic E-state index is 11.4. The summed E-state index contributed by atoms with van der Waals surface area (Å²) in [5.41, 5.74) is 1.75. The molecule has 0 aromatic heterocycles. The van der Waals surface area contributed by atoms with Gasteiger partial charge < -0.3 is 20.1 Å². The van der Waals surface area contributed by atoms with E-state index in [4.69, 9.17) is 9.47 Å². The minimum atomic E-state index is -0.106. The fraction of sp³-hybridized carbons (Fsp3) is 0.562. The Balaban J connectivity index is 1.67. The van der Waals surface area contributed by atoms with Crippen molar-refractivity contribution in [2.75, 3.05) is 23.8 Å². The summed E-state index contributed by atoms with van der Waals surface area (Å²) in [5, 5.41) is 6.38. The summed E-state index contributed by atoms with van der Waals surface area (Å²) in [7, 11) is 0. The first-order chi connectivity index (χ1) is 10.1. The molecule has 5 nitrogen and oxygen atoms in total. The lowest BCUT2D eigenvalue weighted by Crippen LogP contribution is -2.36. The zero-order valence-corrected chi connectivity index (χ0v) is 12.5. The lowest BCUT2D eigenvalue weighted by atomic mass is 9.95. The van der Waals surface area contributed by atoms with Gasteiger partial charge in [-0.05, 0) is 37.0 Å². The molecule has 2 heterocycles. The molecule has 0 spiro atoms. The van der Waals surface area contributed by atoms with Crippen LogP contribution >= 0.6 is 0 Å². The van der Waals surface area contributed by atoms with Gasteiger partial charge in [-0.3, -0.25) is 4.79 Å². The van der Waals surface area contributed by atoms with Gasteiger partial charge in [-0.15, -0.1) is 0 Å². The molecule has 2 atom stereocenters. The van der Waals surface area contributed by atoms with E-state index in [1.807, 2.05) is 18.2 Å². The van der Waals surface area contributed by atoms with Crippen LogP contribution in [0.2, 0.25) is 0 Å². The van der Waals surface area contributed by atoms with Gasteiger partial charge in [-0.2, -0.15) is 0 Å². The Hall–Kier alpha value is -1.75. The molecule has 1 aromatic carbocycles. The molecular formula is C16H22N2O3. The highest BCUT2D eigenvalue weighted by Gasteiger charge is 2.25. The van der Waals surface area contributed by atoms with Gasteiger partial charge in [0, 0.05) is 18.3 Å². The number of ether oxygens (including phenoxy) is 2. The Kier molecular flexibility index (Phi) is 4.01. The molecule has 2 unspecified atom stereocenters. The summed E-state index contributed by atoms with van der Waals surface area (Å²) in [4.78, 5) is 11.4. The second kappa shape index (κ2) is 5.93. The monoisotopic (exact) mass is 290 g/mol. The number of amides is 1. The molecular weight excluding hydrogens is 268 g/mol. The first-order valence-electron chi connectivity index (χ1n) is 7.56. The van der Waals surface area contributed by atoms with Crippen LogP contribution in [-0.2, 0) is 9.53 Å². The van der Waals surface area contributed by atoms with E-state index in [1.165, 1.54) is 0 Å². The fourth-order valence-electron chi connectivity index (χ4n) is 2.83. The molecule has 1 amide bonds. The Bertz CT molecular complexity index is 530. The molecule has 0 radical (unpaired) electrons. The number of benzene rings is 1. The van der Waals surface area contributed by atoms with Gasteiger partial charge in [-0.25, -0.2) is 0 Å². The first-order valence-corrected chi connectivity index (χ1v) is 7.56. The topological polar surface area (TPSA) is 59.6 Å². The Morgan fingerprint density at radius 1 is 1.38 bits per heavy atom. The maximum Gasteiger partial charge on any atom is 0.262 e. The summed E-state index contributed by atoms with van der Waals surface area (Å²) < 4.78 is 11.2. The molecule has 0 aliphatic carbocycles. The normalized spacial score (nSPS) is 25.0. The smallest absolute Gasteiger partial charge is 0.262 e. The number of hydrogen-bond donors (Lipinski definition) is 2. The van der Waals surface area contributed by atoms with Gasteiger partial charge >= 0.3 is 0 Å². The number of carbonyl (C=O) groups is 1. The molecule has 2 aliphatic rings. The van der Waals surface area contributed by atoms with E-state index in [0.717, 1.165) is 36.6 Å². The molecule has 1 fully saturated rings. The van der Waals surface area contributed by atoms with Gasteiger partial charge in [-0.1, -0.05) is 13.8 Å². The van der Waals surface area contributed by atoms with Gasteiger partial charge in [0.05, 0.1) is 11.8 Å². The molecule has 21 heavy (non-hydrogen) atoms. The van der Waals surface area contributed by atoms with E-state index in [-0.39, 0.29) is 12.5 Å². The zero-order chi connectivity index (χ0) is 14.8. The van der Waals surface area contributed by atoms with Crippen molar-refractivity contribution in [2.24, 2.45) is 5.92 Å².